The lowest BCUT2D eigenvalue weighted by atomic mass is 10.1. The summed E-state index contributed by atoms with van der Waals surface area (Å²) in [5, 5.41) is 9.23. The fourth-order valence-electron chi connectivity index (χ4n) is 3.93. The lowest BCUT2D eigenvalue weighted by Gasteiger charge is -2.22. The number of H-pyrrole nitrogens is 1. The van der Waals surface area contributed by atoms with Gasteiger partial charge < -0.3 is 9.72 Å². The van der Waals surface area contributed by atoms with E-state index in [-0.39, 0.29) is 17.4 Å². The molecule has 9 nitrogen and oxygen atoms in total. The second-order valence-corrected chi connectivity index (χ2v) is 7.79. The first-order chi connectivity index (χ1) is 15.0. The highest BCUT2D eigenvalue weighted by atomic mass is 19.1. The fraction of sp³-hybridized carbons (Fsp3) is 0.381. The zero-order valence-corrected chi connectivity index (χ0v) is 17.3. The summed E-state index contributed by atoms with van der Waals surface area (Å²) in [5.74, 6) is 0.680. The van der Waals surface area contributed by atoms with Gasteiger partial charge in [-0.2, -0.15) is 10.2 Å². The Morgan fingerprint density at radius 2 is 2.00 bits per heavy atom. The summed E-state index contributed by atoms with van der Waals surface area (Å²) < 4.78 is 22.3. The lowest BCUT2D eigenvalue weighted by molar-refractivity contribution is 0.0672. The van der Waals surface area contributed by atoms with Crippen LogP contribution >= 0.6 is 0 Å². The van der Waals surface area contributed by atoms with Crippen LogP contribution in [-0.2, 0) is 11.2 Å². The minimum absolute atomic E-state index is 0.172. The van der Waals surface area contributed by atoms with Crippen LogP contribution in [-0.4, -0.2) is 47.7 Å². The molecule has 4 aromatic rings. The Morgan fingerprint density at radius 1 is 1.19 bits per heavy atom. The predicted molar refractivity (Wildman–Crippen MR) is 111 cm³/mol. The van der Waals surface area contributed by atoms with E-state index in [1.165, 1.54) is 10.9 Å². The first kappa shape index (κ1) is 19.6. The number of pyridine rings is 1. The molecule has 31 heavy (non-hydrogen) atoms. The molecule has 1 N–H and O–H groups in total. The molecular formula is C21H22FN7O2. The van der Waals surface area contributed by atoms with Crippen molar-refractivity contribution >= 4 is 11.0 Å². The van der Waals surface area contributed by atoms with Gasteiger partial charge in [0.2, 0.25) is 0 Å². The Bertz CT molecular complexity index is 1280. The molecule has 0 unspecified atom stereocenters. The van der Waals surface area contributed by atoms with Crippen molar-refractivity contribution in [3.05, 3.63) is 63.5 Å². The molecule has 4 aromatic heterocycles. The SMILES string of the molecule is Cc1nn(-c2ccc(Cc3nc4c(c(C)nn4C4CCOCC4)c(=O)[nH]3)cn2)cc1F. The summed E-state index contributed by atoms with van der Waals surface area (Å²) in [7, 11) is 0. The molecule has 1 aliphatic heterocycles. The number of nitrogens with one attached hydrogen (secondary N) is 1. The molecule has 10 heteroatoms. The van der Waals surface area contributed by atoms with Gasteiger partial charge in [-0.1, -0.05) is 6.07 Å². The fourth-order valence-corrected chi connectivity index (χ4v) is 3.93. The number of rotatable bonds is 4. The molecule has 0 amide bonds. The van der Waals surface area contributed by atoms with Gasteiger partial charge in [0.15, 0.2) is 17.3 Å². The molecule has 0 spiro atoms. The van der Waals surface area contributed by atoms with Gasteiger partial charge in [-0.25, -0.2) is 23.7 Å². The first-order valence-electron chi connectivity index (χ1n) is 10.2. The number of hydrogen-bond donors (Lipinski definition) is 1. The maximum Gasteiger partial charge on any atom is 0.262 e. The molecule has 1 saturated heterocycles. The van der Waals surface area contributed by atoms with Crippen molar-refractivity contribution in [3.8, 4) is 5.82 Å². The van der Waals surface area contributed by atoms with E-state index in [2.05, 4.69) is 20.2 Å². The highest BCUT2D eigenvalue weighted by Gasteiger charge is 2.22. The highest BCUT2D eigenvalue weighted by molar-refractivity contribution is 5.77. The zero-order chi connectivity index (χ0) is 21.5. The van der Waals surface area contributed by atoms with E-state index < -0.39 is 0 Å². The predicted octanol–water partition coefficient (Wildman–Crippen LogP) is 2.40. The minimum Gasteiger partial charge on any atom is -0.381 e. The average Bonchev–Trinajstić information content (AvgIpc) is 3.28. The second-order valence-electron chi connectivity index (χ2n) is 7.79. The van der Waals surface area contributed by atoms with Crippen LogP contribution in [0.25, 0.3) is 16.9 Å². The van der Waals surface area contributed by atoms with Crippen LogP contribution in [0.4, 0.5) is 4.39 Å². The van der Waals surface area contributed by atoms with Crippen LogP contribution in [0.5, 0.6) is 0 Å². The molecule has 0 saturated carbocycles. The van der Waals surface area contributed by atoms with Gasteiger partial charge >= 0.3 is 0 Å². The Labute approximate surface area is 176 Å². The number of ether oxygens (including phenoxy) is 1. The molecular weight excluding hydrogens is 401 g/mol. The van der Waals surface area contributed by atoms with Crippen LogP contribution in [0.1, 0.15) is 41.7 Å². The Hall–Kier alpha value is -3.40. The van der Waals surface area contributed by atoms with Crippen molar-refractivity contribution < 1.29 is 9.13 Å². The normalized spacial score (nSPS) is 15.1. The number of aromatic amines is 1. The molecule has 1 fully saturated rings. The number of aromatic nitrogens is 7. The third kappa shape index (κ3) is 3.63. The maximum atomic E-state index is 13.6. The third-order valence-corrected chi connectivity index (χ3v) is 5.58. The third-order valence-electron chi connectivity index (χ3n) is 5.58. The van der Waals surface area contributed by atoms with Crippen molar-refractivity contribution in [2.45, 2.75) is 39.2 Å². The topological polar surface area (TPSA) is 104 Å². The number of halogens is 1. The molecule has 1 aliphatic rings. The van der Waals surface area contributed by atoms with E-state index in [1.807, 2.05) is 17.7 Å². The maximum absolute atomic E-state index is 13.6. The standard InChI is InChI=1S/C21H22FN7O2/c1-12-16(22)11-28(26-12)18-4-3-14(10-23-18)9-17-24-20-19(21(30)25-17)13(2)27-29(20)15-5-7-31-8-6-15/h3-4,10-11,15H,5-9H2,1-2H3,(H,24,25,30). The van der Waals surface area contributed by atoms with Crippen LogP contribution in [0.2, 0.25) is 0 Å². The van der Waals surface area contributed by atoms with Crippen LogP contribution < -0.4 is 5.56 Å². The van der Waals surface area contributed by atoms with E-state index in [0.29, 0.717) is 53.7 Å². The zero-order valence-electron chi connectivity index (χ0n) is 17.3. The molecule has 0 radical (unpaired) electrons. The summed E-state index contributed by atoms with van der Waals surface area (Å²) in [6, 6.07) is 3.79. The smallest absolute Gasteiger partial charge is 0.262 e. The number of fused-ring (bicyclic) bond motifs is 1. The van der Waals surface area contributed by atoms with Crippen LogP contribution in [0, 0.1) is 19.7 Å². The van der Waals surface area contributed by atoms with E-state index in [1.54, 1.807) is 19.2 Å². The summed E-state index contributed by atoms with van der Waals surface area (Å²) >= 11 is 0. The van der Waals surface area contributed by atoms with Gasteiger partial charge in [0.25, 0.3) is 5.56 Å². The summed E-state index contributed by atoms with van der Waals surface area (Å²) in [5.41, 5.74) is 2.27. The molecule has 0 atom stereocenters. The molecule has 160 valence electrons. The van der Waals surface area contributed by atoms with Crippen molar-refractivity contribution in [3.63, 3.8) is 0 Å². The second kappa shape index (κ2) is 7.69. The number of nitrogens with zero attached hydrogens (tertiary/aromatic N) is 6. The van der Waals surface area contributed by atoms with Crippen molar-refractivity contribution in [1.82, 2.24) is 34.5 Å². The van der Waals surface area contributed by atoms with Gasteiger partial charge in [0.1, 0.15) is 11.2 Å². The van der Waals surface area contributed by atoms with Crippen LogP contribution in [0.15, 0.2) is 29.3 Å². The first-order valence-corrected chi connectivity index (χ1v) is 10.2. The Kier molecular flexibility index (Phi) is 4.85. The van der Waals surface area contributed by atoms with Crippen molar-refractivity contribution in [1.29, 1.82) is 0 Å². The Balaban J connectivity index is 1.45. The van der Waals surface area contributed by atoms with Crippen molar-refractivity contribution in [2.24, 2.45) is 0 Å². The van der Waals surface area contributed by atoms with Gasteiger partial charge in [-0.05, 0) is 38.3 Å². The monoisotopic (exact) mass is 423 g/mol. The molecule has 0 bridgehead atoms. The minimum atomic E-state index is -0.377. The van der Waals surface area contributed by atoms with Gasteiger partial charge in [0.05, 0.1) is 23.6 Å². The van der Waals surface area contributed by atoms with E-state index in [4.69, 9.17) is 9.72 Å². The van der Waals surface area contributed by atoms with E-state index in [9.17, 15) is 9.18 Å². The van der Waals surface area contributed by atoms with Crippen LogP contribution in [0.3, 0.4) is 0 Å². The number of aryl methyl sites for hydroxylation is 2. The Morgan fingerprint density at radius 3 is 2.68 bits per heavy atom. The summed E-state index contributed by atoms with van der Waals surface area (Å²) in [4.78, 5) is 24.7. The average molecular weight is 423 g/mol. The molecule has 5 heterocycles. The lowest BCUT2D eigenvalue weighted by Crippen LogP contribution is -2.21. The molecule has 0 aromatic carbocycles. The van der Waals surface area contributed by atoms with Gasteiger partial charge in [-0.15, -0.1) is 0 Å². The number of hydrogen-bond acceptors (Lipinski definition) is 6. The van der Waals surface area contributed by atoms with E-state index >= 15 is 0 Å². The van der Waals surface area contributed by atoms with Gasteiger partial charge in [-0.3, -0.25) is 4.79 Å². The highest BCUT2D eigenvalue weighted by Crippen LogP contribution is 2.25. The summed E-state index contributed by atoms with van der Waals surface area (Å²) in [6.07, 6.45) is 5.07. The van der Waals surface area contributed by atoms with E-state index in [0.717, 1.165) is 18.4 Å². The quantitative estimate of drug-likeness (QED) is 0.541. The molecule has 5 rings (SSSR count). The van der Waals surface area contributed by atoms with Crippen molar-refractivity contribution in [2.75, 3.05) is 13.2 Å². The summed E-state index contributed by atoms with van der Waals surface area (Å²) in [6.45, 7) is 4.79. The van der Waals surface area contributed by atoms with Gasteiger partial charge in [0, 0.05) is 25.8 Å². The largest absolute Gasteiger partial charge is 0.381 e. The molecule has 0 aliphatic carbocycles.